The van der Waals surface area contributed by atoms with Crippen molar-refractivity contribution in [2.75, 3.05) is 35.3 Å². The molecular formula is C25H27F3N4O3S. The van der Waals surface area contributed by atoms with Gasteiger partial charge in [0.1, 0.15) is 11.3 Å². The zero-order valence-electron chi connectivity index (χ0n) is 20.1. The maximum Gasteiger partial charge on any atom is 0.418 e. The van der Waals surface area contributed by atoms with Crippen LogP contribution in [0.1, 0.15) is 32.3 Å². The number of halogens is 3. The number of alkyl halides is 3. The van der Waals surface area contributed by atoms with Crippen molar-refractivity contribution < 1.29 is 22.7 Å². The molecule has 192 valence electrons. The minimum atomic E-state index is -4.61. The summed E-state index contributed by atoms with van der Waals surface area (Å²) in [5.41, 5.74) is -1.47. The molecule has 0 bridgehead atoms. The number of hydrogen-bond acceptors (Lipinski definition) is 6. The molecule has 11 heteroatoms. The second-order valence-electron chi connectivity index (χ2n) is 9.51. The number of carbonyl (C=O) groups excluding carboxylic acids is 1. The second kappa shape index (κ2) is 9.68. The molecule has 1 saturated carbocycles. The average molecular weight is 521 g/mol. The van der Waals surface area contributed by atoms with E-state index in [0.717, 1.165) is 23.8 Å². The SMILES string of the molecule is CNc1ccc(N2C(=O)C(C)(C)N(c3ccc(OCC(CN=O)C4CC4)cc3)C2=S)cc1C(F)(F)F. The summed E-state index contributed by atoms with van der Waals surface area (Å²) in [6.45, 7) is 3.96. The number of nitroso groups, excluding NO2 is 1. The molecule has 1 aliphatic carbocycles. The van der Waals surface area contributed by atoms with Gasteiger partial charge < -0.3 is 15.0 Å². The summed E-state index contributed by atoms with van der Waals surface area (Å²) in [5.74, 6) is 0.724. The monoisotopic (exact) mass is 520 g/mol. The van der Waals surface area contributed by atoms with E-state index >= 15 is 0 Å². The summed E-state index contributed by atoms with van der Waals surface area (Å²) in [6, 6.07) is 10.6. The normalized spacial score (nSPS) is 18.4. The summed E-state index contributed by atoms with van der Waals surface area (Å²) in [7, 11) is 1.40. The third kappa shape index (κ3) is 4.88. The molecule has 2 aliphatic rings. The van der Waals surface area contributed by atoms with Gasteiger partial charge in [-0.3, -0.25) is 9.69 Å². The van der Waals surface area contributed by atoms with Crippen LogP contribution in [-0.2, 0) is 11.0 Å². The Balaban J connectivity index is 1.57. The van der Waals surface area contributed by atoms with Crippen LogP contribution in [0, 0.1) is 16.7 Å². The number of benzene rings is 2. The highest BCUT2D eigenvalue weighted by molar-refractivity contribution is 7.81. The second-order valence-corrected chi connectivity index (χ2v) is 9.87. The molecule has 0 spiro atoms. The number of nitrogens with zero attached hydrogens (tertiary/aromatic N) is 3. The Morgan fingerprint density at radius 1 is 1.17 bits per heavy atom. The highest BCUT2D eigenvalue weighted by atomic mass is 32.1. The topological polar surface area (TPSA) is 74.2 Å². The van der Waals surface area contributed by atoms with Crippen molar-refractivity contribution in [2.24, 2.45) is 17.0 Å². The fourth-order valence-corrected chi connectivity index (χ4v) is 5.00. The molecule has 36 heavy (non-hydrogen) atoms. The Bertz CT molecular complexity index is 1170. The van der Waals surface area contributed by atoms with Crippen molar-refractivity contribution in [3.05, 3.63) is 52.9 Å². The molecule has 2 aromatic rings. The van der Waals surface area contributed by atoms with Gasteiger partial charge in [0.2, 0.25) is 0 Å². The molecule has 7 nitrogen and oxygen atoms in total. The van der Waals surface area contributed by atoms with Crippen LogP contribution in [-0.4, -0.2) is 36.8 Å². The van der Waals surface area contributed by atoms with Crippen molar-refractivity contribution in [2.45, 2.75) is 38.4 Å². The molecule has 4 rings (SSSR count). The van der Waals surface area contributed by atoms with Crippen molar-refractivity contribution >= 4 is 40.3 Å². The lowest BCUT2D eigenvalue weighted by Gasteiger charge is -2.29. The Hall–Kier alpha value is -3.21. The molecule has 1 saturated heterocycles. The number of carbonyl (C=O) groups is 1. The Morgan fingerprint density at radius 3 is 2.36 bits per heavy atom. The molecule has 1 atom stereocenters. The predicted molar refractivity (Wildman–Crippen MR) is 136 cm³/mol. The maximum atomic E-state index is 13.6. The number of rotatable bonds is 9. The van der Waals surface area contributed by atoms with Crippen molar-refractivity contribution in [3.8, 4) is 5.75 Å². The molecule has 1 heterocycles. The van der Waals surface area contributed by atoms with Crippen LogP contribution in [0.2, 0.25) is 0 Å². The molecule has 2 aromatic carbocycles. The van der Waals surface area contributed by atoms with Crippen LogP contribution in [0.3, 0.4) is 0 Å². The largest absolute Gasteiger partial charge is 0.493 e. The standard InChI is InChI=1S/C25H27F3N4O3S/c1-24(2)22(33)31(18-8-11-21(29-3)20(12-18)25(26,27)28)23(36)32(24)17-6-9-19(10-7-17)35-14-16(13-30-34)15-4-5-15/h6-12,15-16,29H,4-5,13-14H2,1-3H3. The molecule has 1 aliphatic heterocycles. The zero-order chi connectivity index (χ0) is 26.3. The molecular weight excluding hydrogens is 493 g/mol. The molecule has 1 amide bonds. The lowest BCUT2D eigenvalue weighted by molar-refractivity contribution is -0.137. The number of nitrogens with one attached hydrogen (secondary N) is 1. The Labute approximate surface area is 212 Å². The minimum Gasteiger partial charge on any atom is -0.493 e. The van der Waals surface area contributed by atoms with E-state index in [2.05, 4.69) is 10.5 Å². The summed E-state index contributed by atoms with van der Waals surface area (Å²) >= 11 is 5.60. The fraction of sp³-hybridized carbons (Fsp3) is 0.440. The summed E-state index contributed by atoms with van der Waals surface area (Å²) < 4.78 is 46.7. The molecule has 1 N–H and O–H groups in total. The van der Waals surface area contributed by atoms with Crippen LogP contribution in [0.4, 0.5) is 30.2 Å². The third-order valence-corrected chi connectivity index (χ3v) is 7.03. The number of ether oxygens (including phenoxy) is 1. The van der Waals surface area contributed by atoms with E-state index in [1.165, 1.54) is 19.2 Å². The van der Waals surface area contributed by atoms with E-state index in [9.17, 15) is 22.9 Å². The first-order valence-corrected chi connectivity index (χ1v) is 12.0. The van der Waals surface area contributed by atoms with Gasteiger partial charge in [-0.05, 0) is 87.3 Å². The van der Waals surface area contributed by atoms with E-state index in [-0.39, 0.29) is 28.9 Å². The maximum absolute atomic E-state index is 13.6. The molecule has 0 aromatic heterocycles. The third-order valence-electron chi connectivity index (χ3n) is 6.66. The van der Waals surface area contributed by atoms with E-state index in [1.807, 2.05) is 0 Å². The lowest BCUT2D eigenvalue weighted by atomic mass is 10.0. The van der Waals surface area contributed by atoms with Crippen LogP contribution >= 0.6 is 12.2 Å². The zero-order valence-corrected chi connectivity index (χ0v) is 20.9. The summed E-state index contributed by atoms with van der Waals surface area (Å²) in [5, 5.41) is 5.63. The quantitative estimate of drug-likeness (QED) is 0.331. The van der Waals surface area contributed by atoms with Gasteiger partial charge in [-0.25, -0.2) is 0 Å². The average Bonchev–Trinajstić information content (AvgIpc) is 3.65. The van der Waals surface area contributed by atoms with Crippen LogP contribution in [0.25, 0.3) is 0 Å². The summed E-state index contributed by atoms with van der Waals surface area (Å²) in [4.78, 5) is 26.8. The first kappa shape index (κ1) is 25.9. The smallest absolute Gasteiger partial charge is 0.418 e. The Kier molecular flexibility index (Phi) is 6.96. The molecule has 1 unspecified atom stereocenters. The van der Waals surface area contributed by atoms with Gasteiger partial charge in [0.15, 0.2) is 5.11 Å². The van der Waals surface area contributed by atoms with E-state index in [0.29, 0.717) is 24.0 Å². The van der Waals surface area contributed by atoms with Crippen molar-refractivity contribution in [1.82, 2.24) is 0 Å². The highest BCUT2D eigenvalue weighted by Gasteiger charge is 2.50. The van der Waals surface area contributed by atoms with Gasteiger partial charge in [-0.15, -0.1) is 0 Å². The van der Waals surface area contributed by atoms with E-state index in [4.69, 9.17) is 17.0 Å². The van der Waals surface area contributed by atoms with E-state index < -0.39 is 23.2 Å². The van der Waals surface area contributed by atoms with Gasteiger partial charge in [-0.2, -0.15) is 18.1 Å². The van der Waals surface area contributed by atoms with Crippen LogP contribution in [0.5, 0.6) is 5.75 Å². The Morgan fingerprint density at radius 2 is 1.81 bits per heavy atom. The first-order chi connectivity index (χ1) is 17.0. The van der Waals surface area contributed by atoms with Gasteiger partial charge in [0.05, 0.1) is 24.4 Å². The molecule has 0 radical (unpaired) electrons. The van der Waals surface area contributed by atoms with Gasteiger partial charge >= 0.3 is 6.18 Å². The number of hydrogen-bond donors (Lipinski definition) is 1. The van der Waals surface area contributed by atoms with Gasteiger partial charge in [0.25, 0.3) is 5.91 Å². The van der Waals surface area contributed by atoms with Gasteiger partial charge in [0, 0.05) is 24.3 Å². The predicted octanol–water partition coefficient (Wildman–Crippen LogP) is 5.84. The van der Waals surface area contributed by atoms with Crippen molar-refractivity contribution in [3.63, 3.8) is 0 Å². The minimum absolute atomic E-state index is 0.0433. The lowest BCUT2D eigenvalue weighted by Crippen LogP contribution is -2.44. The number of thiocarbonyl (C=S) groups is 1. The van der Waals surface area contributed by atoms with Gasteiger partial charge in [-0.1, -0.05) is 5.18 Å². The first-order valence-electron chi connectivity index (χ1n) is 11.6. The van der Waals surface area contributed by atoms with Crippen LogP contribution < -0.4 is 19.9 Å². The fourth-order valence-electron chi connectivity index (χ4n) is 4.48. The number of anilines is 3. The van der Waals surface area contributed by atoms with E-state index in [1.54, 1.807) is 43.0 Å². The highest BCUT2D eigenvalue weighted by Crippen LogP contribution is 2.41. The number of amides is 1. The van der Waals surface area contributed by atoms with Crippen LogP contribution in [0.15, 0.2) is 47.6 Å². The van der Waals surface area contributed by atoms with Crippen molar-refractivity contribution in [1.29, 1.82) is 0 Å². The molecule has 2 fully saturated rings. The summed E-state index contributed by atoms with van der Waals surface area (Å²) in [6.07, 6.45) is -2.45.